The Kier molecular flexibility index (Phi) is 4.27. The molecule has 31 heavy (non-hydrogen) atoms. The maximum atomic E-state index is 6.76. The Morgan fingerprint density at radius 1 is 1.19 bits per heavy atom. The molecular weight excluding hydrogens is 410 g/mol. The van der Waals surface area contributed by atoms with Crippen LogP contribution in [-0.2, 0) is 7.05 Å². The lowest BCUT2D eigenvalue weighted by molar-refractivity contribution is 0.212. The predicted molar refractivity (Wildman–Crippen MR) is 124 cm³/mol. The number of H-pyrrole nitrogens is 1. The van der Waals surface area contributed by atoms with E-state index in [1.807, 2.05) is 37.8 Å². The van der Waals surface area contributed by atoms with E-state index >= 15 is 0 Å². The van der Waals surface area contributed by atoms with Gasteiger partial charge in [0.25, 0.3) is 0 Å². The van der Waals surface area contributed by atoms with E-state index in [9.17, 15) is 0 Å². The number of aryl methyl sites for hydroxylation is 1. The molecule has 0 radical (unpaired) electrons. The fourth-order valence-electron chi connectivity index (χ4n) is 5.62. The van der Waals surface area contributed by atoms with Gasteiger partial charge in [0.15, 0.2) is 5.65 Å². The zero-order valence-corrected chi connectivity index (χ0v) is 18.5. The van der Waals surface area contributed by atoms with Gasteiger partial charge < -0.3 is 15.6 Å². The summed E-state index contributed by atoms with van der Waals surface area (Å²) in [6.45, 7) is 2.33. The molecule has 7 nitrogen and oxygen atoms in total. The molecule has 2 bridgehead atoms. The second kappa shape index (κ2) is 6.93. The summed E-state index contributed by atoms with van der Waals surface area (Å²) in [5.74, 6) is 1.56. The number of benzene rings is 1. The van der Waals surface area contributed by atoms with Crippen LogP contribution in [0.1, 0.15) is 32.6 Å². The summed E-state index contributed by atoms with van der Waals surface area (Å²) in [5, 5.41) is 6.07. The fourth-order valence-corrected chi connectivity index (χ4v) is 5.93. The molecule has 4 aromatic rings. The Balaban J connectivity index is 1.42. The second-order valence-electron chi connectivity index (χ2n) is 9.20. The lowest BCUT2D eigenvalue weighted by Crippen LogP contribution is -2.58. The topological polar surface area (TPSA) is 88.6 Å². The molecule has 8 heteroatoms. The van der Waals surface area contributed by atoms with Crippen molar-refractivity contribution in [2.24, 2.45) is 18.7 Å². The normalized spacial score (nSPS) is 26.1. The molecule has 3 aromatic heterocycles. The molecule has 0 amide bonds. The van der Waals surface area contributed by atoms with E-state index in [4.69, 9.17) is 27.3 Å². The number of aromatic amines is 1. The van der Waals surface area contributed by atoms with Crippen molar-refractivity contribution in [2.75, 3.05) is 4.90 Å². The number of halogens is 1. The average molecular weight is 436 g/mol. The Labute approximate surface area is 185 Å². The second-order valence-corrected chi connectivity index (χ2v) is 9.58. The molecule has 2 fully saturated rings. The lowest BCUT2D eigenvalue weighted by atomic mass is 9.76. The molecule has 2 unspecified atom stereocenters. The monoisotopic (exact) mass is 435 g/mol. The summed E-state index contributed by atoms with van der Waals surface area (Å²) in [6.07, 6.45) is 10.3. The van der Waals surface area contributed by atoms with Gasteiger partial charge >= 0.3 is 0 Å². The number of anilines is 1. The third-order valence-electron chi connectivity index (χ3n) is 7.14. The maximum absolute atomic E-state index is 6.76. The Hall–Kier alpha value is -2.64. The van der Waals surface area contributed by atoms with Crippen molar-refractivity contribution >= 4 is 39.5 Å². The van der Waals surface area contributed by atoms with Crippen molar-refractivity contribution in [3.63, 3.8) is 0 Å². The van der Waals surface area contributed by atoms with Crippen LogP contribution in [0.25, 0.3) is 33.2 Å². The summed E-state index contributed by atoms with van der Waals surface area (Å²) < 4.78 is 1.78. The van der Waals surface area contributed by atoms with Crippen LogP contribution in [0.5, 0.6) is 0 Å². The van der Waals surface area contributed by atoms with Crippen molar-refractivity contribution in [3.8, 4) is 11.1 Å². The number of nitrogens with two attached hydrogens (primary N) is 1. The SMILES string of the molecule is CC1CC[C@H]2C[C@@H](N)CC1N2c1cnc2c(-c3ccc4nn(C)cc4c3Cl)c[nH]c2n1. The smallest absolute Gasteiger partial charge is 0.159 e. The first-order chi connectivity index (χ1) is 15.0. The zero-order valence-electron chi connectivity index (χ0n) is 17.7. The number of hydrogen-bond acceptors (Lipinski definition) is 5. The summed E-state index contributed by atoms with van der Waals surface area (Å²) in [7, 11) is 1.90. The molecule has 3 N–H and O–H groups in total. The van der Waals surface area contributed by atoms with Gasteiger partial charge in [0, 0.05) is 54.1 Å². The highest BCUT2D eigenvalue weighted by atomic mass is 35.5. The summed E-state index contributed by atoms with van der Waals surface area (Å²) in [4.78, 5) is 15.6. The average Bonchev–Trinajstić information content (AvgIpc) is 3.34. The van der Waals surface area contributed by atoms with Crippen molar-refractivity contribution < 1.29 is 0 Å². The molecular formula is C23H26ClN7. The third-order valence-corrected chi connectivity index (χ3v) is 7.55. The Morgan fingerprint density at radius 3 is 2.94 bits per heavy atom. The molecule has 2 saturated heterocycles. The van der Waals surface area contributed by atoms with Gasteiger partial charge in [-0.25, -0.2) is 9.97 Å². The van der Waals surface area contributed by atoms with Crippen molar-refractivity contribution in [3.05, 3.63) is 35.7 Å². The van der Waals surface area contributed by atoms with E-state index in [1.165, 1.54) is 12.8 Å². The van der Waals surface area contributed by atoms with Crippen LogP contribution < -0.4 is 10.6 Å². The van der Waals surface area contributed by atoms with E-state index in [0.29, 0.717) is 23.0 Å². The highest BCUT2D eigenvalue weighted by Crippen LogP contribution is 2.41. The highest BCUT2D eigenvalue weighted by molar-refractivity contribution is 6.38. The van der Waals surface area contributed by atoms with Gasteiger partial charge in [-0.2, -0.15) is 5.10 Å². The van der Waals surface area contributed by atoms with Gasteiger partial charge in [-0.05, 0) is 37.7 Å². The minimum atomic E-state index is 0.285. The first kappa shape index (κ1) is 19.1. The maximum Gasteiger partial charge on any atom is 0.159 e. The van der Waals surface area contributed by atoms with Crippen LogP contribution in [0.4, 0.5) is 5.82 Å². The molecule has 5 heterocycles. The van der Waals surface area contributed by atoms with E-state index in [1.54, 1.807) is 4.68 Å². The largest absolute Gasteiger partial charge is 0.349 e. The standard InChI is InChI=1S/C23H26ClN7/c1-12-3-4-14-7-13(25)8-19(12)31(14)20-10-26-22-16(9-27-23(22)28-20)15-5-6-18-17(21(15)24)11-30(2)29-18/h5-6,9-14,19H,3-4,7-8,25H2,1-2H3,(H,27,28)/t12?,13-,14+,19?/m1/s1. The molecule has 0 spiro atoms. The van der Waals surface area contributed by atoms with Gasteiger partial charge in [0.1, 0.15) is 11.3 Å². The zero-order chi connectivity index (χ0) is 21.3. The van der Waals surface area contributed by atoms with Crippen molar-refractivity contribution in [2.45, 2.75) is 50.7 Å². The van der Waals surface area contributed by atoms with Crippen LogP contribution in [0.2, 0.25) is 5.02 Å². The summed E-state index contributed by atoms with van der Waals surface area (Å²) in [6, 6.07) is 5.18. The number of piperidine rings is 2. The number of rotatable bonds is 2. The molecule has 4 atom stereocenters. The van der Waals surface area contributed by atoms with Gasteiger partial charge in [-0.1, -0.05) is 24.6 Å². The van der Waals surface area contributed by atoms with Gasteiger partial charge in [0.2, 0.25) is 0 Å². The Morgan fingerprint density at radius 2 is 2.06 bits per heavy atom. The number of nitrogens with zero attached hydrogens (tertiary/aromatic N) is 5. The molecule has 1 aromatic carbocycles. The minimum absolute atomic E-state index is 0.285. The molecule has 0 saturated carbocycles. The predicted octanol–water partition coefficient (Wildman–Crippen LogP) is 4.26. The van der Waals surface area contributed by atoms with Gasteiger partial charge in [0.05, 0.1) is 16.7 Å². The summed E-state index contributed by atoms with van der Waals surface area (Å²) >= 11 is 6.76. The molecule has 0 aliphatic carbocycles. The van der Waals surface area contributed by atoms with E-state index in [2.05, 4.69) is 21.9 Å². The first-order valence-corrected chi connectivity index (χ1v) is 11.4. The quantitative estimate of drug-likeness (QED) is 0.491. The number of aromatic nitrogens is 5. The fraction of sp³-hybridized carbons (Fsp3) is 0.435. The molecule has 160 valence electrons. The first-order valence-electron chi connectivity index (χ1n) is 11.0. The highest BCUT2D eigenvalue weighted by Gasteiger charge is 2.41. The van der Waals surface area contributed by atoms with E-state index in [0.717, 1.165) is 51.9 Å². The molecule has 2 aliphatic rings. The van der Waals surface area contributed by atoms with Crippen LogP contribution >= 0.6 is 11.6 Å². The lowest BCUT2D eigenvalue weighted by Gasteiger charge is -2.51. The molecule has 6 rings (SSSR count). The van der Waals surface area contributed by atoms with Gasteiger partial charge in [-0.3, -0.25) is 4.68 Å². The van der Waals surface area contributed by atoms with E-state index in [-0.39, 0.29) is 6.04 Å². The van der Waals surface area contributed by atoms with Crippen molar-refractivity contribution in [1.82, 2.24) is 24.7 Å². The molecule has 2 aliphatic heterocycles. The van der Waals surface area contributed by atoms with Crippen LogP contribution in [-0.4, -0.2) is 42.9 Å². The summed E-state index contributed by atoms with van der Waals surface area (Å²) in [5.41, 5.74) is 10.8. The Bertz CT molecular complexity index is 1290. The van der Waals surface area contributed by atoms with Crippen LogP contribution in [0.3, 0.4) is 0 Å². The minimum Gasteiger partial charge on any atom is -0.349 e. The number of fused-ring (bicyclic) bond motifs is 4. The van der Waals surface area contributed by atoms with Gasteiger partial charge in [-0.15, -0.1) is 0 Å². The van der Waals surface area contributed by atoms with Crippen molar-refractivity contribution in [1.29, 1.82) is 0 Å². The van der Waals surface area contributed by atoms with E-state index < -0.39 is 0 Å². The third kappa shape index (κ3) is 2.94. The van der Waals surface area contributed by atoms with Crippen LogP contribution in [0, 0.1) is 5.92 Å². The van der Waals surface area contributed by atoms with Crippen LogP contribution in [0.15, 0.2) is 30.7 Å². The number of hydrogen-bond donors (Lipinski definition) is 2. The number of nitrogens with one attached hydrogen (secondary N) is 1.